The van der Waals surface area contributed by atoms with Gasteiger partial charge in [0.05, 0.1) is 5.56 Å². The molecule has 2 nitrogen and oxygen atoms in total. The highest BCUT2D eigenvalue weighted by atomic mass is 19.4. The van der Waals surface area contributed by atoms with Crippen LogP contribution in [0.4, 0.5) is 17.6 Å². The number of carbonyl (C=O) groups is 1. The van der Waals surface area contributed by atoms with Crippen LogP contribution in [0.1, 0.15) is 35.7 Å². The first-order valence-electron chi connectivity index (χ1n) is 5.75. The van der Waals surface area contributed by atoms with Crippen LogP contribution in [0, 0.1) is 5.82 Å². The predicted molar refractivity (Wildman–Crippen MR) is 61.4 cm³/mol. The average Bonchev–Trinajstić information content (AvgIpc) is 2.33. The molecule has 0 saturated carbocycles. The number of ketones is 1. The summed E-state index contributed by atoms with van der Waals surface area (Å²) in [5.41, 5.74) is -1.50. The van der Waals surface area contributed by atoms with Crippen LogP contribution < -0.4 is 0 Å². The molecule has 0 spiro atoms. The molecule has 106 valence electrons. The zero-order valence-electron chi connectivity index (χ0n) is 10.6. The standard InChI is InChI=1S/C13H14F4O2/c1-3-4-11(19-2)12(18)8-5-6-9(10(14)7-8)13(15,16)17/h5-7,11H,3-4H2,1-2H3. The molecule has 0 N–H and O–H groups in total. The molecule has 19 heavy (non-hydrogen) atoms. The van der Waals surface area contributed by atoms with Crippen molar-refractivity contribution in [2.75, 3.05) is 7.11 Å². The van der Waals surface area contributed by atoms with Crippen LogP contribution in [-0.2, 0) is 10.9 Å². The quantitative estimate of drug-likeness (QED) is 0.604. The maximum Gasteiger partial charge on any atom is 0.419 e. The van der Waals surface area contributed by atoms with E-state index in [0.717, 1.165) is 6.07 Å². The van der Waals surface area contributed by atoms with E-state index in [0.29, 0.717) is 25.0 Å². The maximum absolute atomic E-state index is 13.3. The van der Waals surface area contributed by atoms with Gasteiger partial charge in [-0.1, -0.05) is 19.4 Å². The number of methoxy groups -OCH3 is 1. The highest BCUT2D eigenvalue weighted by molar-refractivity contribution is 5.99. The molecule has 0 fully saturated rings. The van der Waals surface area contributed by atoms with Crippen LogP contribution in [0.2, 0.25) is 0 Å². The number of Topliss-reactive ketones (excluding diaryl/α,β-unsaturated/α-hetero) is 1. The van der Waals surface area contributed by atoms with Crippen LogP contribution in [0.15, 0.2) is 18.2 Å². The highest BCUT2D eigenvalue weighted by Gasteiger charge is 2.34. The Kier molecular flexibility index (Phi) is 5.05. The van der Waals surface area contributed by atoms with Gasteiger partial charge in [0.15, 0.2) is 5.78 Å². The van der Waals surface area contributed by atoms with Crippen LogP contribution in [0.5, 0.6) is 0 Å². The summed E-state index contributed by atoms with van der Waals surface area (Å²) in [6, 6.07) is 2.14. The lowest BCUT2D eigenvalue weighted by Crippen LogP contribution is -2.23. The van der Waals surface area contributed by atoms with Crippen LogP contribution in [-0.4, -0.2) is 19.0 Å². The fraction of sp³-hybridized carbons (Fsp3) is 0.462. The van der Waals surface area contributed by atoms with E-state index in [1.807, 2.05) is 6.92 Å². The van der Waals surface area contributed by atoms with Crippen LogP contribution >= 0.6 is 0 Å². The molecule has 0 amide bonds. The van der Waals surface area contributed by atoms with E-state index < -0.39 is 29.4 Å². The number of alkyl halides is 3. The van der Waals surface area contributed by atoms with Gasteiger partial charge in [-0.2, -0.15) is 13.2 Å². The minimum absolute atomic E-state index is 0.120. The molecule has 1 rings (SSSR count). The normalized spacial score (nSPS) is 13.4. The summed E-state index contributed by atoms with van der Waals surface area (Å²) in [6.45, 7) is 1.84. The van der Waals surface area contributed by atoms with Gasteiger partial charge < -0.3 is 4.74 Å². The van der Waals surface area contributed by atoms with Crippen LogP contribution in [0.3, 0.4) is 0 Å². The molecule has 1 aromatic carbocycles. The summed E-state index contributed by atoms with van der Waals surface area (Å²) in [6.07, 6.45) is -4.43. The molecule has 1 unspecified atom stereocenters. The van der Waals surface area contributed by atoms with Gasteiger partial charge in [-0.3, -0.25) is 4.79 Å². The van der Waals surface area contributed by atoms with E-state index in [1.54, 1.807) is 0 Å². The molecular formula is C13H14F4O2. The van der Waals surface area contributed by atoms with Crippen molar-refractivity contribution >= 4 is 5.78 Å². The Morgan fingerprint density at radius 1 is 1.37 bits per heavy atom. The van der Waals surface area contributed by atoms with Gasteiger partial charge in [0.25, 0.3) is 0 Å². The van der Waals surface area contributed by atoms with E-state index in [9.17, 15) is 22.4 Å². The Bertz CT molecular complexity index is 454. The van der Waals surface area contributed by atoms with Crippen molar-refractivity contribution in [1.82, 2.24) is 0 Å². The second-order valence-electron chi connectivity index (χ2n) is 4.07. The van der Waals surface area contributed by atoms with E-state index in [1.165, 1.54) is 7.11 Å². The number of rotatable bonds is 5. The SMILES string of the molecule is CCCC(OC)C(=O)c1ccc(C(F)(F)F)c(F)c1. The Labute approximate surface area is 108 Å². The van der Waals surface area contributed by atoms with Gasteiger partial charge in [-0.05, 0) is 18.6 Å². The summed E-state index contributed by atoms with van der Waals surface area (Å²) in [5.74, 6) is -1.97. The number of halogens is 4. The lowest BCUT2D eigenvalue weighted by atomic mass is 10.0. The minimum Gasteiger partial charge on any atom is -0.373 e. The number of ether oxygens (including phenoxy) is 1. The molecule has 0 bridgehead atoms. The monoisotopic (exact) mass is 278 g/mol. The van der Waals surface area contributed by atoms with E-state index in [4.69, 9.17) is 4.74 Å². The summed E-state index contributed by atoms with van der Waals surface area (Å²) in [5, 5.41) is 0. The highest BCUT2D eigenvalue weighted by Crippen LogP contribution is 2.31. The molecule has 0 saturated heterocycles. The lowest BCUT2D eigenvalue weighted by Gasteiger charge is -2.14. The van der Waals surface area contributed by atoms with Gasteiger partial charge in [-0.25, -0.2) is 4.39 Å². The Hall–Kier alpha value is -1.43. The summed E-state index contributed by atoms with van der Waals surface area (Å²) < 4.78 is 55.4. The van der Waals surface area contributed by atoms with Gasteiger partial charge in [0, 0.05) is 12.7 Å². The topological polar surface area (TPSA) is 26.3 Å². The molecule has 0 aliphatic rings. The average molecular weight is 278 g/mol. The third kappa shape index (κ3) is 3.76. The van der Waals surface area contributed by atoms with Crippen molar-refractivity contribution < 1.29 is 27.1 Å². The molecule has 0 aromatic heterocycles. The van der Waals surface area contributed by atoms with E-state index in [2.05, 4.69) is 0 Å². The summed E-state index contributed by atoms with van der Waals surface area (Å²) in [7, 11) is 1.33. The number of hydrogen-bond acceptors (Lipinski definition) is 2. The van der Waals surface area contributed by atoms with E-state index in [-0.39, 0.29) is 5.56 Å². The van der Waals surface area contributed by atoms with Gasteiger partial charge >= 0.3 is 6.18 Å². The Morgan fingerprint density at radius 2 is 2.00 bits per heavy atom. The number of carbonyl (C=O) groups excluding carboxylic acids is 1. The smallest absolute Gasteiger partial charge is 0.373 e. The number of hydrogen-bond donors (Lipinski definition) is 0. The van der Waals surface area contributed by atoms with Crippen molar-refractivity contribution in [3.8, 4) is 0 Å². The zero-order chi connectivity index (χ0) is 14.6. The largest absolute Gasteiger partial charge is 0.419 e. The van der Waals surface area contributed by atoms with Crippen molar-refractivity contribution in [2.45, 2.75) is 32.0 Å². The van der Waals surface area contributed by atoms with Crippen LogP contribution in [0.25, 0.3) is 0 Å². The first-order valence-corrected chi connectivity index (χ1v) is 5.75. The number of benzene rings is 1. The third-order valence-corrected chi connectivity index (χ3v) is 2.69. The van der Waals surface area contributed by atoms with Crippen molar-refractivity contribution in [2.24, 2.45) is 0 Å². The first kappa shape index (κ1) is 15.6. The zero-order valence-corrected chi connectivity index (χ0v) is 10.6. The fourth-order valence-electron chi connectivity index (χ4n) is 1.70. The lowest BCUT2D eigenvalue weighted by molar-refractivity contribution is -0.140. The predicted octanol–water partition coefficient (Wildman–Crippen LogP) is 3.84. The molecule has 0 heterocycles. The summed E-state index contributed by atoms with van der Waals surface area (Å²) >= 11 is 0. The second kappa shape index (κ2) is 6.14. The third-order valence-electron chi connectivity index (χ3n) is 2.69. The minimum atomic E-state index is -4.77. The van der Waals surface area contributed by atoms with E-state index >= 15 is 0 Å². The van der Waals surface area contributed by atoms with Crippen molar-refractivity contribution in [3.05, 3.63) is 35.1 Å². The molecular weight excluding hydrogens is 264 g/mol. The molecule has 0 aliphatic heterocycles. The van der Waals surface area contributed by atoms with Gasteiger partial charge in [0.2, 0.25) is 0 Å². The van der Waals surface area contributed by atoms with Crippen molar-refractivity contribution in [3.63, 3.8) is 0 Å². The Morgan fingerprint density at radius 3 is 2.42 bits per heavy atom. The maximum atomic E-state index is 13.3. The van der Waals surface area contributed by atoms with Gasteiger partial charge in [-0.15, -0.1) is 0 Å². The first-order chi connectivity index (χ1) is 8.81. The molecule has 1 atom stereocenters. The van der Waals surface area contributed by atoms with Gasteiger partial charge in [0.1, 0.15) is 11.9 Å². The fourth-order valence-corrected chi connectivity index (χ4v) is 1.70. The van der Waals surface area contributed by atoms with Crippen molar-refractivity contribution in [1.29, 1.82) is 0 Å². The summed E-state index contributed by atoms with van der Waals surface area (Å²) in [4.78, 5) is 11.9. The molecule has 0 radical (unpaired) electrons. The Balaban J connectivity index is 3.04. The molecule has 6 heteroatoms. The molecule has 1 aromatic rings. The molecule has 0 aliphatic carbocycles. The second-order valence-corrected chi connectivity index (χ2v) is 4.07.